The molecule has 0 spiro atoms. The first kappa shape index (κ1) is 14.6. The molecule has 112 valence electrons. The third kappa shape index (κ3) is 2.86. The summed E-state index contributed by atoms with van der Waals surface area (Å²) in [5.74, 6) is -0.313. The largest absolute Gasteiger partial charge is 0.444 e. The second-order valence-corrected chi connectivity index (χ2v) is 6.36. The lowest BCUT2D eigenvalue weighted by Gasteiger charge is -2.40. The zero-order valence-electron chi connectivity index (χ0n) is 12.0. The number of ether oxygens (including phenoxy) is 1. The molecule has 20 heavy (non-hydrogen) atoms. The van der Waals surface area contributed by atoms with E-state index in [0.717, 1.165) is 19.3 Å². The smallest absolute Gasteiger partial charge is 0.407 e. The van der Waals surface area contributed by atoms with Crippen LogP contribution in [0.2, 0.25) is 0 Å². The molecule has 2 fully saturated rings. The molecule has 4 amide bonds. The van der Waals surface area contributed by atoms with Crippen molar-refractivity contribution in [2.24, 2.45) is 5.92 Å². The molecule has 0 radical (unpaired) electrons. The minimum absolute atomic E-state index is 0.0458. The van der Waals surface area contributed by atoms with Gasteiger partial charge in [-0.3, -0.25) is 10.1 Å². The zero-order valence-corrected chi connectivity index (χ0v) is 12.0. The zero-order chi connectivity index (χ0) is 15.0. The summed E-state index contributed by atoms with van der Waals surface area (Å²) < 4.78 is 5.14. The number of carbonyl (C=O) groups is 3. The number of amides is 4. The Balaban J connectivity index is 2.01. The maximum atomic E-state index is 12.1. The number of rotatable bonds is 3. The van der Waals surface area contributed by atoms with Gasteiger partial charge in [0.05, 0.1) is 6.54 Å². The first-order chi connectivity index (χ1) is 9.23. The van der Waals surface area contributed by atoms with Crippen LogP contribution in [0.5, 0.6) is 0 Å². The van der Waals surface area contributed by atoms with Crippen molar-refractivity contribution in [2.75, 3.05) is 6.54 Å². The van der Waals surface area contributed by atoms with E-state index in [0.29, 0.717) is 0 Å². The fourth-order valence-corrected chi connectivity index (χ4v) is 2.49. The number of alkyl carbamates (subject to hydrolysis) is 1. The van der Waals surface area contributed by atoms with E-state index < -0.39 is 23.3 Å². The van der Waals surface area contributed by atoms with Gasteiger partial charge in [0.25, 0.3) is 5.91 Å². The van der Waals surface area contributed by atoms with Crippen LogP contribution >= 0.6 is 0 Å². The highest BCUT2D eigenvalue weighted by molar-refractivity contribution is 6.07. The van der Waals surface area contributed by atoms with Gasteiger partial charge in [-0.15, -0.1) is 0 Å². The van der Waals surface area contributed by atoms with E-state index in [-0.39, 0.29) is 18.4 Å². The van der Waals surface area contributed by atoms with Crippen LogP contribution in [0.25, 0.3) is 0 Å². The van der Waals surface area contributed by atoms with Crippen molar-refractivity contribution in [3.63, 3.8) is 0 Å². The van der Waals surface area contributed by atoms with Crippen molar-refractivity contribution in [3.8, 4) is 0 Å². The molecule has 7 nitrogen and oxygen atoms in total. The number of imide groups is 1. The molecule has 1 saturated carbocycles. The summed E-state index contributed by atoms with van der Waals surface area (Å²) in [6.45, 7) is 5.33. The van der Waals surface area contributed by atoms with Crippen molar-refractivity contribution < 1.29 is 19.1 Å². The van der Waals surface area contributed by atoms with Gasteiger partial charge in [-0.1, -0.05) is 6.42 Å². The van der Waals surface area contributed by atoms with E-state index in [1.54, 1.807) is 20.8 Å². The van der Waals surface area contributed by atoms with Gasteiger partial charge in [0.1, 0.15) is 11.1 Å². The quantitative estimate of drug-likeness (QED) is 0.670. The predicted octanol–water partition coefficient (Wildman–Crippen LogP) is 0.889. The third-order valence-electron chi connectivity index (χ3n) is 3.68. The van der Waals surface area contributed by atoms with Crippen LogP contribution in [-0.4, -0.2) is 35.7 Å². The van der Waals surface area contributed by atoms with E-state index in [1.165, 1.54) is 0 Å². The Morgan fingerprint density at radius 2 is 2.05 bits per heavy atom. The van der Waals surface area contributed by atoms with Gasteiger partial charge < -0.3 is 15.4 Å². The minimum Gasteiger partial charge on any atom is -0.444 e. The van der Waals surface area contributed by atoms with Gasteiger partial charge in [-0.05, 0) is 39.5 Å². The summed E-state index contributed by atoms with van der Waals surface area (Å²) in [7, 11) is 0. The Labute approximate surface area is 117 Å². The normalized spacial score (nSPS) is 26.6. The molecule has 1 atom stereocenters. The number of hydrogen-bond donors (Lipinski definition) is 3. The maximum absolute atomic E-state index is 12.1. The van der Waals surface area contributed by atoms with Crippen molar-refractivity contribution in [1.82, 2.24) is 16.0 Å². The molecule has 1 aliphatic carbocycles. The van der Waals surface area contributed by atoms with Crippen LogP contribution in [0.3, 0.4) is 0 Å². The topological polar surface area (TPSA) is 96.5 Å². The van der Waals surface area contributed by atoms with Gasteiger partial charge in [0, 0.05) is 0 Å². The number of urea groups is 1. The average molecular weight is 283 g/mol. The van der Waals surface area contributed by atoms with E-state index in [9.17, 15) is 14.4 Å². The summed E-state index contributed by atoms with van der Waals surface area (Å²) >= 11 is 0. The van der Waals surface area contributed by atoms with E-state index in [1.807, 2.05) is 0 Å². The molecule has 0 bridgehead atoms. The molecule has 0 unspecified atom stereocenters. The Bertz CT molecular complexity index is 439. The Kier molecular flexibility index (Phi) is 3.62. The van der Waals surface area contributed by atoms with Crippen LogP contribution < -0.4 is 16.0 Å². The Morgan fingerprint density at radius 1 is 1.40 bits per heavy atom. The van der Waals surface area contributed by atoms with Crippen LogP contribution in [-0.2, 0) is 9.53 Å². The average Bonchev–Trinajstić information content (AvgIpc) is 2.46. The monoisotopic (exact) mass is 283 g/mol. The van der Waals surface area contributed by atoms with Crippen LogP contribution in [0.4, 0.5) is 9.59 Å². The molecule has 1 aliphatic heterocycles. The molecule has 1 heterocycles. The summed E-state index contributed by atoms with van der Waals surface area (Å²) in [5.41, 5.74) is -1.64. The summed E-state index contributed by atoms with van der Waals surface area (Å²) in [4.78, 5) is 35.1. The van der Waals surface area contributed by atoms with Gasteiger partial charge >= 0.3 is 12.1 Å². The molecule has 2 aliphatic rings. The van der Waals surface area contributed by atoms with Gasteiger partial charge in [-0.25, -0.2) is 9.59 Å². The Hall–Kier alpha value is -1.79. The van der Waals surface area contributed by atoms with E-state index in [2.05, 4.69) is 16.0 Å². The molecule has 0 aromatic carbocycles. The first-order valence-electron chi connectivity index (χ1n) is 6.83. The summed E-state index contributed by atoms with van der Waals surface area (Å²) in [5, 5.41) is 7.50. The molecule has 1 saturated heterocycles. The molecule has 0 aromatic heterocycles. The lowest BCUT2D eigenvalue weighted by atomic mass is 9.70. The van der Waals surface area contributed by atoms with Gasteiger partial charge in [-0.2, -0.15) is 0 Å². The van der Waals surface area contributed by atoms with Gasteiger partial charge in [0.2, 0.25) is 0 Å². The van der Waals surface area contributed by atoms with Crippen LogP contribution in [0.1, 0.15) is 40.0 Å². The fourth-order valence-electron chi connectivity index (χ4n) is 2.49. The van der Waals surface area contributed by atoms with Crippen molar-refractivity contribution >= 4 is 18.0 Å². The predicted molar refractivity (Wildman–Crippen MR) is 71.0 cm³/mol. The molecule has 2 rings (SSSR count). The Morgan fingerprint density at radius 3 is 2.45 bits per heavy atom. The fraction of sp³-hybridized carbons (Fsp3) is 0.769. The van der Waals surface area contributed by atoms with E-state index in [4.69, 9.17) is 4.74 Å². The van der Waals surface area contributed by atoms with Crippen LogP contribution in [0, 0.1) is 5.92 Å². The highest BCUT2D eigenvalue weighted by Crippen LogP contribution is 2.37. The van der Waals surface area contributed by atoms with Crippen molar-refractivity contribution in [2.45, 2.75) is 51.2 Å². The maximum Gasteiger partial charge on any atom is 0.407 e. The summed E-state index contributed by atoms with van der Waals surface area (Å²) in [6.07, 6.45) is 2.17. The number of hydrogen-bond acceptors (Lipinski definition) is 4. The molecule has 7 heteroatoms. The molecule has 3 N–H and O–H groups in total. The van der Waals surface area contributed by atoms with Crippen molar-refractivity contribution in [3.05, 3.63) is 0 Å². The molecular formula is C13H21N3O4. The minimum atomic E-state index is -1.04. The SMILES string of the molecule is CC(C)(C)OC(=O)NC[C@@]1(C2CCC2)NC(=O)NC1=O. The second-order valence-electron chi connectivity index (χ2n) is 6.36. The lowest BCUT2D eigenvalue weighted by molar-refractivity contribution is -0.127. The standard InChI is InChI=1S/C13H21N3O4/c1-12(2,3)20-11(19)14-7-13(8-5-4-6-8)9(17)15-10(18)16-13/h8H,4-7H2,1-3H3,(H,14,19)(H2,15,16,17,18)/t13-/m0/s1. The lowest BCUT2D eigenvalue weighted by Crippen LogP contribution is -2.61. The van der Waals surface area contributed by atoms with Crippen molar-refractivity contribution in [1.29, 1.82) is 0 Å². The van der Waals surface area contributed by atoms with E-state index >= 15 is 0 Å². The first-order valence-corrected chi connectivity index (χ1v) is 6.83. The van der Waals surface area contributed by atoms with Crippen LogP contribution in [0.15, 0.2) is 0 Å². The molecular weight excluding hydrogens is 262 g/mol. The second kappa shape index (κ2) is 4.96. The number of carbonyl (C=O) groups excluding carboxylic acids is 3. The van der Waals surface area contributed by atoms with Gasteiger partial charge in [0.15, 0.2) is 0 Å². The molecule has 0 aromatic rings. The third-order valence-corrected chi connectivity index (χ3v) is 3.68. The highest BCUT2D eigenvalue weighted by Gasteiger charge is 2.53. The highest BCUT2D eigenvalue weighted by atomic mass is 16.6. The summed E-state index contributed by atoms with van der Waals surface area (Å²) in [6, 6.07) is -0.507. The number of nitrogens with one attached hydrogen (secondary N) is 3.